The van der Waals surface area contributed by atoms with E-state index in [0.29, 0.717) is 40.6 Å². The smallest absolute Gasteiger partial charge is 0.270 e. The van der Waals surface area contributed by atoms with Crippen LogP contribution in [0.2, 0.25) is 0 Å². The third kappa shape index (κ3) is 5.63. The van der Waals surface area contributed by atoms with Crippen LogP contribution in [0.4, 0.5) is 4.39 Å². The first kappa shape index (κ1) is 23.1. The number of carbonyl (C=O) groups excluding carboxylic acids is 1. The van der Waals surface area contributed by atoms with Gasteiger partial charge in [0.2, 0.25) is 0 Å². The van der Waals surface area contributed by atoms with Gasteiger partial charge < -0.3 is 5.32 Å². The van der Waals surface area contributed by atoms with Crippen molar-refractivity contribution in [3.05, 3.63) is 70.7 Å². The predicted molar refractivity (Wildman–Crippen MR) is 128 cm³/mol. The molecule has 1 N–H and O–H groups in total. The summed E-state index contributed by atoms with van der Waals surface area (Å²) < 4.78 is 16.4. The van der Waals surface area contributed by atoms with Crippen molar-refractivity contribution in [3.8, 4) is 17.1 Å². The van der Waals surface area contributed by atoms with Gasteiger partial charge in [0.15, 0.2) is 11.0 Å². The number of benzene rings is 1. The largest absolute Gasteiger partial charge is 0.351 e. The van der Waals surface area contributed by atoms with Gasteiger partial charge in [0.05, 0.1) is 11.4 Å². The number of hydrogen-bond acceptors (Lipinski definition) is 7. The fourth-order valence-electron chi connectivity index (χ4n) is 3.07. The Morgan fingerprint density at radius 2 is 2.06 bits per heavy atom. The van der Waals surface area contributed by atoms with E-state index in [2.05, 4.69) is 39.3 Å². The Bertz CT molecular complexity index is 1220. The summed E-state index contributed by atoms with van der Waals surface area (Å²) in [5.41, 5.74) is 1.49. The van der Waals surface area contributed by atoms with Gasteiger partial charge in [-0.2, -0.15) is 0 Å². The van der Waals surface area contributed by atoms with E-state index in [1.807, 2.05) is 6.07 Å². The summed E-state index contributed by atoms with van der Waals surface area (Å²) in [5.74, 6) is 0.954. The average Bonchev–Trinajstić information content (AvgIpc) is 3.46. The molecule has 1 amide bonds. The number of para-hydroxylation sites is 1. The number of thiazole rings is 1. The van der Waals surface area contributed by atoms with E-state index < -0.39 is 0 Å². The number of halogens is 1. The van der Waals surface area contributed by atoms with Gasteiger partial charge in [-0.05, 0) is 36.6 Å². The zero-order valence-electron chi connectivity index (χ0n) is 18.2. The highest BCUT2D eigenvalue weighted by atomic mass is 32.2. The van der Waals surface area contributed by atoms with E-state index in [1.165, 1.54) is 29.2 Å². The summed E-state index contributed by atoms with van der Waals surface area (Å²) in [6.45, 7) is 4.86. The van der Waals surface area contributed by atoms with Gasteiger partial charge in [-0.3, -0.25) is 14.3 Å². The normalized spacial score (nSPS) is 11.2. The highest BCUT2D eigenvalue weighted by Crippen LogP contribution is 2.31. The monoisotopic (exact) mass is 482 g/mol. The van der Waals surface area contributed by atoms with Crippen LogP contribution < -0.4 is 5.32 Å². The first-order valence-electron chi connectivity index (χ1n) is 10.5. The molecule has 7 nitrogen and oxygen atoms in total. The van der Waals surface area contributed by atoms with Crippen LogP contribution in [0.15, 0.2) is 59.3 Å². The third-order valence-corrected chi connectivity index (χ3v) is 6.73. The maximum atomic E-state index is 14.7. The van der Waals surface area contributed by atoms with Crippen LogP contribution in [-0.2, 0) is 5.75 Å². The molecular weight excluding hydrogens is 459 g/mol. The number of nitrogens with zero attached hydrogens (tertiary/aromatic N) is 5. The Balaban J connectivity index is 1.54. The van der Waals surface area contributed by atoms with E-state index in [1.54, 1.807) is 46.6 Å². The highest BCUT2D eigenvalue weighted by molar-refractivity contribution is 7.98. The van der Waals surface area contributed by atoms with Crippen molar-refractivity contribution in [2.24, 2.45) is 5.92 Å². The third-order valence-electron chi connectivity index (χ3n) is 4.76. The maximum absolute atomic E-state index is 14.7. The van der Waals surface area contributed by atoms with Crippen LogP contribution in [0.1, 0.15) is 35.8 Å². The molecule has 4 rings (SSSR count). The number of pyridine rings is 1. The van der Waals surface area contributed by atoms with Crippen LogP contribution >= 0.6 is 23.1 Å². The van der Waals surface area contributed by atoms with Gasteiger partial charge in [0, 0.05) is 29.9 Å². The zero-order valence-corrected chi connectivity index (χ0v) is 19.9. The lowest BCUT2D eigenvalue weighted by molar-refractivity contribution is 0.0947. The van der Waals surface area contributed by atoms with Crippen LogP contribution in [0.25, 0.3) is 17.1 Å². The summed E-state index contributed by atoms with van der Waals surface area (Å²) in [4.78, 5) is 20.9. The quantitative estimate of drug-likeness (QED) is 0.338. The van der Waals surface area contributed by atoms with Crippen molar-refractivity contribution in [1.29, 1.82) is 0 Å². The van der Waals surface area contributed by atoms with Crippen LogP contribution in [0.5, 0.6) is 0 Å². The minimum absolute atomic E-state index is 0.170. The Morgan fingerprint density at radius 1 is 1.21 bits per heavy atom. The second-order valence-electron chi connectivity index (χ2n) is 7.69. The number of nitrogens with one attached hydrogen (secondary N) is 1. The summed E-state index contributed by atoms with van der Waals surface area (Å²) in [6, 6.07) is 10.2. The fourth-order valence-corrected chi connectivity index (χ4v) is 4.81. The standard InChI is InChI=1S/C23H23FN6OS2/c1-15(2)9-11-26-22(31)18-13-32-20(27-18)14-33-23-29-28-21(16-6-5-10-25-12-16)30(23)19-8-4-3-7-17(19)24/h3-8,10,12-13,15H,9,11,14H2,1-2H3,(H,26,31). The van der Waals surface area contributed by atoms with Crippen molar-refractivity contribution < 1.29 is 9.18 Å². The van der Waals surface area contributed by atoms with Gasteiger partial charge in [0.1, 0.15) is 16.5 Å². The van der Waals surface area contributed by atoms with Gasteiger partial charge in [-0.15, -0.1) is 21.5 Å². The van der Waals surface area contributed by atoms with Crippen molar-refractivity contribution in [2.45, 2.75) is 31.2 Å². The Morgan fingerprint density at radius 3 is 2.82 bits per heavy atom. The molecule has 0 aliphatic rings. The van der Waals surface area contributed by atoms with Gasteiger partial charge in [0.25, 0.3) is 5.91 Å². The number of amides is 1. The van der Waals surface area contributed by atoms with E-state index in [9.17, 15) is 9.18 Å². The molecular formula is C23H23FN6OS2. The molecule has 0 saturated heterocycles. The Labute approximate surface area is 199 Å². The topological polar surface area (TPSA) is 85.6 Å². The van der Waals surface area contributed by atoms with Crippen LogP contribution in [0.3, 0.4) is 0 Å². The molecule has 33 heavy (non-hydrogen) atoms. The Hall–Kier alpha value is -3.11. The molecule has 3 heterocycles. The van der Waals surface area contributed by atoms with E-state index >= 15 is 0 Å². The lowest BCUT2D eigenvalue weighted by Crippen LogP contribution is -2.25. The van der Waals surface area contributed by atoms with E-state index in [0.717, 1.165) is 17.0 Å². The average molecular weight is 483 g/mol. The van der Waals surface area contributed by atoms with Crippen LogP contribution in [0, 0.1) is 11.7 Å². The lowest BCUT2D eigenvalue weighted by atomic mass is 10.1. The SMILES string of the molecule is CC(C)CCNC(=O)c1csc(CSc2nnc(-c3cccnc3)n2-c2ccccc2F)n1. The molecule has 170 valence electrons. The molecule has 0 bridgehead atoms. The minimum atomic E-state index is -0.376. The van der Waals surface area contributed by atoms with Crippen LogP contribution in [-0.4, -0.2) is 37.2 Å². The van der Waals surface area contributed by atoms with E-state index in [4.69, 9.17) is 0 Å². The van der Waals surface area contributed by atoms with Gasteiger partial charge >= 0.3 is 0 Å². The molecule has 0 radical (unpaired) electrons. The molecule has 0 spiro atoms. The number of aromatic nitrogens is 5. The molecule has 0 aliphatic carbocycles. The fraction of sp³-hybridized carbons (Fsp3) is 0.261. The first-order valence-corrected chi connectivity index (χ1v) is 12.4. The highest BCUT2D eigenvalue weighted by Gasteiger charge is 2.19. The second-order valence-corrected chi connectivity index (χ2v) is 9.57. The molecule has 0 fully saturated rings. The van der Waals surface area contributed by atoms with Gasteiger partial charge in [-0.1, -0.05) is 37.7 Å². The number of rotatable bonds is 9. The summed E-state index contributed by atoms with van der Waals surface area (Å²) >= 11 is 2.80. The Kier molecular flexibility index (Phi) is 7.46. The van der Waals surface area contributed by atoms with Gasteiger partial charge in [-0.25, -0.2) is 9.37 Å². The molecule has 1 aromatic carbocycles. The first-order chi connectivity index (χ1) is 16.0. The number of carbonyl (C=O) groups is 1. The minimum Gasteiger partial charge on any atom is -0.351 e. The summed E-state index contributed by atoms with van der Waals surface area (Å²) in [5, 5.41) is 14.6. The molecule has 0 unspecified atom stereocenters. The zero-order chi connectivity index (χ0) is 23.2. The molecule has 0 atom stereocenters. The number of thioether (sulfide) groups is 1. The summed E-state index contributed by atoms with van der Waals surface area (Å²) in [7, 11) is 0. The molecule has 4 aromatic rings. The second kappa shape index (κ2) is 10.7. The van der Waals surface area contributed by atoms with Crippen molar-refractivity contribution >= 4 is 29.0 Å². The maximum Gasteiger partial charge on any atom is 0.270 e. The van der Waals surface area contributed by atoms with Crippen molar-refractivity contribution in [3.63, 3.8) is 0 Å². The summed E-state index contributed by atoms with van der Waals surface area (Å²) in [6.07, 6.45) is 4.26. The number of hydrogen-bond donors (Lipinski definition) is 1. The molecule has 10 heteroatoms. The molecule has 0 saturated carbocycles. The molecule has 3 aromatic heterocycles. The molecule has 0 aliphatic heterocycles. The predicted octanol–water partition coefficient (Wildman–Crippen LogP) is 4.99. The van der Waals surface area contributed by atoms with Crippen molar-refractivity contribution in [1.82, 2.24) is 30.0 Å². The van der Waals surface area contributed by atoms with E-state index in [-0.39, 0.29) is 11.7 Å². The van der Waals surface area contributed by atoms with Crippen molar-refractivity contribution in [2.75, 3.05) is 6.54 Å². The lowest BCUT2D eigenvalue weighted by Gasteiger charge is -2.10.